The van der Waals surface area contributed by atoms with Gasteiger partial charge in [0.2, 0.25) is 10.0 Å². The largest absolute Gasteiger partial charge is 0.480 e. The van der Waals surface area contributed by atoms with Crippen molar-refractivity contribution in [2.75, 3.05) is 11.6 Å². The lowest BCUT2D eigenvalue weighted by Crippen LogP contribution is -2.41. The van der Waals surface area contributed by atoms with Crippen molar-refractivity contribution in [2.24, 2.45) is 0 Å². The Labute approximate surface area is 114 Å². The second-order valence-electron chi connectivity index (χ2n) is 3.70. The second-order valence-corrected chi connectivity index (χ2v) is 7.03. The van der Waals surface area contributed by atoms with Crippen molar-refractivity contribution >= 4 is 39.4 Å². The van der Waals surface area contributed by atoms with E-state index in [0.29, 0.717) is 5.02 Å². The van der Waals surface area contributed by atoms with Crippen LogP contribution in [0.2, 0.25) is 5.02 Å². The molecule has 0 radical (unpaired) electrons. The lowest BCUT2D eigenvalue weighted by Gasteiger charge is -2.19. The molecule has 0 aromatic heterocycles. The third-order valence-corrected chi connectivity index (χ3v) is 5.84. The molecule has 18 heavy (non-hydrogen) atoms. The zero-order valence-corrected chi connectivity index (χ0v) is 11.5. The van der Waals surface area contributed by atoms with Crippen LogP contribution >= 0.6 is 23.4 Å². The molecule has 1 aliphatic rings. The Morgan fingerprint density at radius 1 is 1.39 bits per heavy atom. The van der Waals surface area contributed by atoms with E-state index in [1.54, 1.807) is 0 Å². The van der Waals surface area contributed by atoms with Crippen molar-refractivity contribution in [2.45, 2.75) is 10.9 Å². The smallest absolute Gasteiger partial charge is 0.322 e. The van der Waals surface area contributed by atoms with Gasteiger partial charge in [0, 0.05) is 10.8 Å². The molecule has 1 aromatic carbocycles. The van der Waals surface area contributed by atoms with Crippen LogP contribution in [0.1, 0.15) is 0 Å². The molecule has 1 saturated heterocycles. The lowest BCUT2D eigenvalue weighted by molar-refractivity contribution is -0.140. The van der Waals surface area contributed by atoms with Crippen LogP contribution in [0.15, 0.2) is 29.2 Å². The Balaban J connectivity index is 2.36. The van der Waals surface area contributed by atoms with Crippen LogP contribution in [-0.4, -0.2) is 41.5 Å². The Bertz CT molecular complexity index is 558. The standard InChI is InChI=1S/C10H10ClNO4S2/c11-7-1-3-8(4-2-7)18(15,16)12-6-17-5-9(12)10(13)14/h1-4,9H,5-6H2,(H,13,14)/t9-/m0/s1. The monoisotopic (exact) mass is 307 g/mol. The number of carboxylic acid groups (broad SMARTS) is 1. The van der Waals surface area contributed by atoms with Crippen LogP contribution in [0.4, 0.5) is 0 Å². The second kappa shape index (κ2) is 5.08. The van der Waals surface area contributed by atoms with Gasteiger partial charge in [-0.25, -0.2) is 8.42 Å². The fourth-order valence-corrected chi connectivity index (χ4v) is 4.86. The summed E-state index contributed by atoms with van der Waals surface area (Å²) in [5.41, 5.74) is 0. The van der Waals surface area contributed by atoms with E-state index in [1.807, 2.05) is 0 Å². The first kappa shape index (κ1) is 13.7. The fourth-order valence-electron chi connectivity index (χ4n) is 1.60. The summed E-state index contributed by atoms with van der Waals surface area (Å²) in [5.74, 6) is -0.707. The molecule has 1 N–H and O–H groups in total. The average Bonchev–Trinajstić information content (AvgIpc) is 2.79. The zero-order valence-electron chi connectivity index (χ0n) is 9.11. The number of carboxylic acids is 1. The summed E-state index contributed by atoms with van der Waals surface area (Å²) in [6, 6.07) is 4.68. The maximum Gasteiger partial charge on any atom is 0.322 e. The van der Waals surface area contributed by atoms with E-state index < -0.39 is 22.0 Å². The summed E-state index contributed by atoms with van der Waals surface area (Å²) in [5, 5.41) is 9.43. The molecule has 1 aliphatic heterocycles. The van der Waals surface area contributed by atoms with Crippen molar-refractivity contribution in [3.63, 3.8) is 0 Å². The van der Waals surface area contributed by atoms with Crippen molar-refractivity contribution in [3.8, 4) is 0 Å². The van der Waals surface area contributed by atoms with Crippen LogP contribution in [0.25, 0.3) is 0 Å². The predicted molar refractivity (Wildman–Crippen MR) is 69.2 cm³/mol. The third-order valence-electron chi connectivity index (χ3n) is 2.55. The first-order valence-electron chi connectivity index (χ1n) is 5.01. The van der Waals surface area contributed by atoms with Crippen LogP contribution in [0.5, 0.6) is 0 Å². The molecule has 0 aliphatic carbocycles. The highest BCUT2D eigenvalue weighted by Gasteiger charge is 2.39. The number of thioether (sulfide) groups is 1. The van der Waals surface area contributed by atoms with Crippen LogP contribution in [0.3, 0.4) is 0 Å². The number of rotatable bonds is 3. The molecule has 5 nitrogen and oxygen atoms in total. The number of halogens is 1. The summed E-state index contributed by atoms with van der Waals surface area (Å²) in [6.45, 7) is 0. The van der Waals surface area contributed by atoms with Gasteiger partial charge in [-0.05, 0) is 24.3 Å². The normalized spacial score (nSPS) is 21.1. The Kier molecular flexibility index (Phi) is 3.86. The SMILES string of the molecule is O=C(O)[C@@H]1CSCN1S(=O)(=O)c1ccc(Cl)cc1. The molecular weight excluding hydrogens is 298 g/mol. The van der Waals surface area contributed by atoms with E-state index in [1.165, 1.54) is 36.0 Å². The van der Waals surface area contributed by atoms with Gasteiger partial charge in [0.1, 0.15) is 6.04 Å². The number of carbonyl (C=O) groups is 1. The molecule has 1 atom stereocenters. The van der Waals surface area contributed by atoms with E-state index in [9.17, 15) is 13.2 Å². The third kappa shape index (κ3) is 2.49. The van der Waals surface area contributed by atoms with Crippen LogP contribution in [-0.2, 0) is 14.8 Å². The highest BCUT2D eigenvalue weighted by atomic mass is 35.5. The molecule has 0 bridgehead atoms. The summed E-state index contributed by atoms with van der Waals surface area (Å²) in [4.78, 5) is 11.1. The summed E-state index contributed by atoms with van der Waals surface area (Å²) in [7, 11) is -3.78. The van der Waals surface area contributed by atoms with Gasteiger partial charge in [0.15, 0.2) is 0 Å². The number of benzene rings is 1. The number of hydrogen-bond acceptors (Lipinski definition) is 4. The van der Waals surface area contributed by atoms with Gasteiger partial charge in [0.05, 0.1) is 10.8 Å². The highest BCUT2D eigenvalue weighted by Crippen LogP contribution is 2.28. The molecule has 0 unspecified atom stereocenters. The van der Waals surface area contributed by atoms with Crippen LogP contribution in [0, 0.1) is 0 Å². The minimum Gasteiger partial charge on any atom is -0.480 e. The molecular formula is C10H10ClNO4S2. The van der Waals surface area contributed by atoms with Gasteiger partial charge in [-0.2, -0.15) is 4.31 Å². The van der Waals surface area contributed by atoms with E-state index in [-0.39, 0.29) is 16.5 Å². The summed E-state index contributed by atoms with van der Waals surface area (Å²) < 4.78 is 25.5. The van der Waals surface area contributed by atoms with E-state index in [2.05, 4.69) is 0 Å². The molecule has 0 saturated carbocycles. The molecule has 8 heteroatoms. The molecule has 0 spiro atoms. The first-order valence-corrected chi connectivity index (χ1v) is 7.98. The topological polar surface area (TPSA) is 74.7 Å². The molecule has 2 rings (SSSR count). The summed E-state index contributed by atoms with van der Waals surface area (Å²) >= 11 is 6.98. The van der Waals surface area contributed by atoms with E-state index in [0.717, 1.165) is 4.31 Å². The number of sulfonamides is 1. The minimum absolute atomic E-state index is 0.0562. The molecule has 1 aromatic rings. The maximum atomic E-state index is 12.3. The maximum absolute atomic E-state index is 12.3. The predicted octanol–water partition coefficient (Wildman–Crippen LogP) is 1.49. The molecule has 0 amide bonds. The lowest BCUT2D eigenvalue weighted by atomic mass is 10.4. The van der Waals surface area contributed by atoms with Crippen molar-refractivity contribution in [3.05, 3.63) is 29.3 Å². The summed E-state index contributed by atoms with van der Waals surface area (Å²) in [6.07, 6.45) is 0. The zero-order chi connectivity index (χ0) is 13.3. The van der Waals surface area contributed by atoms with Gasteiger partial charge in [-0.1, -0.05) is 11.6 Å². The average molecular weight is 308 g/mol. The van der Waals surface area contributed by atoms with E-state index in [4.69, 9.17) is 16.7 Å². The Morgan fingerprint density at radius 3 is 2.56 bits per heavy atom. The molecule has 98 valence electrons. The number of hydrogen-bond donors (Lipinski definition) is 1. The van der Waals surface area contributed by atoms with Gasteiger partial charge in [-0.3, -0.25) is 4.79 Å². The van der Waals surface area contributed by atoms with Crippen molar-refractivity contribution in [1.29, 1.82) is 0 Å². The number of aliphatic carboxylic acids is 1. The van der Waals surface area contributed by atoms with Gasteiger partial charge < -0.3 is 5.11 Å². The fraction of sp³-hybridized carbons (Fsp3) is 0.300. The van der Waals surface area contributed by atoms with Crippen molar-refractivity contribution in [1.82, 2.24) is 4.31 Å². The van der Waals surface area contributed by atoms with Crippen molar-refractivity contribution < 1.29 is 18.3 Å². The molecule has 1 fully saturated rings. The highest BCUT2D eigenvalue weighted by molar-refractivity contribution is 8.00. The van der Waals surface area contributed by atoms with Crippen LogP contribution < -0.4 is 0 Å². The quantitative estimate of drug-likeness (QED) is 0.915. The Morgan fingerprint density at radius 2 is 2.00 bits per heavy atom. The minimum atomic E-state index is -3.78. The van der Waals surface area contributed by atoms with Gasteiger partial charge in [0.25, 0.3) is 0 Å². The Hall–Kier alpha value is -0.760. The molecule has 1 heterocycles. The van der Waals surface area contributed by atoms with Gasteiger partial charge >= 0.3 is 5.97 Å². The van der Waals surface area contributed by atoms with Gasteiger partial charge in [-0.15, -0.1) is 11.8 Å². The number of nitrogens with zero attached hydrogens (tertiary/aromatic N) is 1. The van der Waals surface area contributed by atoms with E-state index >= 15 is 0 Å². The first-order chi connectivity index (χ1) is 8.43.